The lowest BCUT2D eigenvalue weighted by Gasteiger charge is -2.18. The first kappa shape index (κ1) is 11.4. The van der Waals surface area contributed by atoms with Crippen LogP contribution >= 0.6 is 11.6 Å². The van der Waals surface area contributed by atoms with Crippen molar-refractivity contribution in [1.82, 2.24) is 0 Å². The van der Waals surface area contributed by atoms with Gasteiger partial charge in [0.1, 0.15) is 5.75 Å². The van der Waals surface area contributed by atoms with Gasteiger partial charge in [0.05, 0.1) is 17.2 Å². The van der Waals surface area contributed by atoms with Gasteiger partial charge in [-0.2, -0.15) is 0 Å². The number of hydrogen-bond donors (Lipinski definition) is 1. The lowest BCUT2D eigenvalue weighted by Crippen LogP contribution is -2.41. The van der Waals surface area contributed by atoms with Gasteiger partial charge in [0.25, 0.3) is 0 Å². The first-order chi connectivity index (χ1) is 7.39. The van der Waals surface area contributed by atoms with Gasteiger partial charge in [-0.1, -0.05) is 11.6 Å². The zero-order valence-corrected chi connectivity index (χ0v) is 10.1. The van der Waals surface area contributed by atoms with E-state index in [1.165, 1.54) is 0 Å². The second kappa shape index (κ2) is 3.75. The quantitative estimate of drug-likeness (QED) is 0.805. The normalized spacial score (nSPS) is 14.5. The van der Waals surface area contributed by atoms with Crippen molar-refractivity contribution in [2.24, 2.45) is 5.73 Å². The van der Waals surface area contributed by atoms with Crippen LogP contribution in [-0.4, -0.2) is 17.9 Å². The maximum atomic E-state index is 12.0. The van der Waals surface area contributed by atoms with Gasteiger partial charge in [-0.3, -0.25) is 4.79 Å². The number of Topliss-reactive ketones (excluding diaryl/α,β-unsaturated/α-hetero) is 1. The second-order valence-corrected chi connectivity index (χ2v) is 5.00. The summed E-state index contributed by atoms with van der Waals surface area (Å²) in [6, 6.07) is 3.49. The van der Waals surface area contributed by atoms with E-state index in [0.717, 1.165) is 17.7 Å². The molecule has 4 heteroatoms. The summed E-state index contributed by atoms with van der Waals surface area (Å²) in [5.41, 5.74) is 6.39. The first-order valence-corrected chi connectivity index (χ1v) is 5.56. The summed E-state index contributed by atoms with van der Waals surface area (Å²) in [5.74, 6) is 0.628. The third-order valence-corrected chi connectivity index (χ3v) is 2.92. The van der Waals surface area contributed by atoms with Gasteiger partial charge in [-0.25, -0.2) is 0 Å². The van der Waals surface area contributed by atoms with Crippen molar-refractivity contribution in [3.8, 4) is 5.75 Å². The summed E-state index contributed by atoms with van der Waals surface area (Å²) in [5, 5.41) is 0.407. The molecule has 0 atom stereocenters. The van der Waals surface area contributed by atoms with Crippen LogP contribution in [0.2, 0.25) is 5.02 Å². The number of carbonyl (C=O) groups excluding carboxylic acids is 1. The number of ether oxygens (including phenoxy) is 1. The van der Waals surface area contributed by atoms with Gasteiger partial charge in [0.2, 0.25) is 0 Å². The Morgan fingerprint density at radius 1 is 1.50 bits per heavy atom. The highest BCUT2D eigenvalue weighted by Crippen LogP contribution is 2.32. The molecule has 16 heavy (non-hydrogen) atoms. The average Bonchev–Trinajstić information content (AvgIpc) is 2.60. The molecule has 1 aromatic rings. The van der Waals surface area contributed by atoms with Crippen LogP contribution in [0.4, 0.5) is 0 Å². The van der Waals surface area contributed by atoms with Crippen LogP contribution in [0.15, 0.2) is 12.1 Å². The fraction of sp³-hybridized carbons (Fsp3) is 0.417. The molecule has 0 unspecified atom stereocenters. The molecule has 3 nitrogen and oxygen atoms in total. The fourth-order valence-corrected chi connectivity index (χ4v) is 1.96. The molecule has 0 aliphatic carbocycles. The zero-order chi connectivity index (χ0) is 11.9. The Balaban J connectivity index is 2.47. The minimum Gasteiger partial charge on any atom is -0.493 e. The molecule has 2 N–H and O–H groups in total. The predicted octanol–water partition coefficient (Wildman–Crippen LogP) is 2.19. The molecule has 86 valence electrons. The van der Waals surface area contributed by atoms with E-state index in [2.05, 4.69) is 0 Å². The Morgan fingerprint density at radius 2 is 2.19 bits per heavy atom. The van der Waals surface area contributed by atoms with E-state index in [1.807, 2.05) is 0 Å². The third-order valence-electron chi connectivity index (χ3n) is 2.61. The van der Waals surface area contributed by atoms with Crippen LogP contribution in [-0.2, 0) is 6.42 Å². The second-order valence-electron chi connectivity index (χ2n) is 4.59. The number of carbonyl (C=O) groups is 1. The number of rotatable bonds is 2. The molecular weight excluding hydrogens is 226 g/mol. The standard InChI is InChI=1S/C12H14ClNO2/c1-12(2,14)11(15)8-5-7-3-4-16-10(7)6-9(8)13/h5-6H,3-4,14H2,1-2H3. The fourth-order valence-electron chi connectivity index (χ4n) is 1.72. The molecule has 0 aromatic heterocycles. The van der Waals surface area contributed by atoms with Gasteiger partial charge < -0.3 is 10.5 Å². The van der Waals surface area contributed by atoms with Gasteiger partial charge in [0.15, 0.2) is 5.78 Å². The minimum absolute atomic E-state index is 0.146. The van der Waals surface area contributed by atoms with E-state index < -0.39 is 5.54 Å². The number of nitrogens with two attached hydrogens (primary N) is 1. The summed E-state index contributed by atoms with van der Waals surface area (Å²) in [4.78, 5) is 12.0. The van der Waals surface area contributed by atoms with Crippen LogP contribution in [0.3, 0.4) is 0 Å². The van der Waals surface area contributed by atoms with Crippen LogP contribution in [0.25, 0.3) is 0 Å². The zero-order valence-electron chi connectivity index (χ0n) is 9.34. The average molecular weight is 240 g/mol. The topological polar surface area (TPSA) is 52.3 Å². The summed E-state index contributed by atoms with van der Waals surface area (Å²) < 4.78 is 5.37. The Morgan fingerprint density at radius 3 is 2.81 bits per heavy atom. The lowest BCUT2D eigenvalue weighted by molar-refractivity contribution is 0.0913. The van der Waals surface area contributed by atoms with E-state index in [0.29, 0.717) is 17.2 Å². The molecule has 2 rings (SSSR count). The molecule has 1 aliphatic rings. The lowest BCUT2D eigenvalue weighted by atomic mass is 9.93. The Bertz CT molecular complexity index is 449. The number of halogens is 1. The molecular formula is C12H14ClNO2. The number of benzene rings is 1. The molecule has 0 bridgehead atoms. The van der Waals surface area contributed by atoms with Gasteiger partial charge in [0, 0.05) is 12.0 Å². The molecule has 0 saturated heterocycles. The van der Waals surface area contributed by atoms with Gasteiger partial charge >= 0.3 is 0 Å². The molecule has 1 aromatic carbocycles. The van der Waals surface area contributed by atoms with Crippen molar-refractivity contribution < 1.29 is 9.53 Å². The highest BCUT2D eigenvalue weighted by molar-refractivity contribution is 6.34. The molecule has 0 saturated carbocycles. The van der Waals surface area contributed by atoms with Crippen LogP contribution in [0.5, 0.6) is 5.75 Å². The molecule has 0 spiro atoms. The van der Waals surface area contributed by atoms with Crippen molar-refractivity contribution in [2.75, 3.05) is 6.61 Å². The van der Waals surface area contributed by atoms with Gasteiger partial charge in [-0.15, -0.1) is 0 Å². The Labute approximate surface area is 99.5 Å². The molecule has 0 fully saturated rings. The van der Waals surface area contributed by atoms with E-state index >= 15 is 0 Å². The van der Waals surface area contributed by atoms with Crippen molar-refractivity contribution >= 4 is 17.4 Å². The predicted molar refractivity (Wildman–Crippen MR) is 63.2 cm³/mol. The van der Waals surface area contributed by atoms with Crippen LogP contribution < -0.4 is 10.5 Å². The monoisotopic (exact) mass is 239 g/mol. The first-order valence-electron chi connectivity index (χ1n) is 5.18. The maximum Gasteiger partial charge on any atom is 0.183 e. The number of fused-ring (bicyclic) bond motifs is 1. The minimum atomic E-state index is -0.905. The maximum absolute atomic E-state index is 12.0. The molecule has 1 aliphatic heterocycles. The highest BCUT2D eigenvalue weighted by Gasteiger charge is 2.27. The van der Waals surface area contributed by atoms with Crippen LogP contribution in [0.1, 0.15) is 29.8 Å². The van der Waals surface area contributed by atoms with Crippen molar-refractivity contribution in [1.29, 1.82) is 0 Å². The Kier molecular flexibility index (Phi) is 2.68. The van der Waals surface area contributed by atoms with Crippen LogP contribution in [0, 0.1) is 0 Å². The van der Waals surface area contributed by atoms with E-state index in [9.17, 15) is 4.79 Å². The number of ketones is 1. The summed E-state index contributed by atoms with van der Waals surface area (Å²) in [7, 11) is 0. The molecule has 0 amide bonds. The SMILES string of the molecule is CC(C)(N)C(=O)c1cc2c(cc1Cl)OCC2. The molecule has 1 heterocycles. The summed E-state index contributed by atoms with van der Waals surface area (Å²) in [6.07, 6.45) is 0.817. The Hall–Kier alpha value is -1.06. The molecule has 0 radical (unpaired) electrons. The summed E-state index contributed by atoms with van der Waals surface area (Å²) in [6.45, 7) is 4.00. The van der Waals surface area contributed by atoms with E-state index in [-0.39, 0.29) is 5.78 Å². The van der Waals surface area contributed by atoms with Crippen molar-refractivity contribution in [2.45, 2.75) is 25.8 Å². The van der Waals surface area contributed by atoms with Crippen molar-refractivity contribution in [3.05, 3.63) is 28.3 Å². The largest absolute Gasteiger partial charge is 0.493 e. The van der Waals surface area contributed by atoms with Crippen molar-refractivity contribution in [3.63, 3.8) is 0 Å². The van der Waals surface area contributed by atoms with E-state index in [1.54, 1.807) is 26.0 Å². The van der Waals surface area contributed by atoms with E-state index in [4.69, 9.17) is 22.1 Å². The number of hydrogen-bond acceptors (Lipinski definition) is 3. The van der Waals surface area contributed by atoms with Gasteiger partial charge in [-0.05, 0) is 31.5 Å². The third kappa shape index (κ3) is 1.93. The highest BCUT2D eigenvalue weighted by atomic mass is 35.5. The summed E-state index contributed by atoms with van der Waals surface area (Å²) >= 11 is 6.05. The smallest absolute Gasteiger partial charge is 0.183 e.